The van der Waals surface area contributed by atoms with E-state index < -0.39 is 23.5 Å². The van der Waals surface area contributed by atoms with Crippen molar-refractivity contribution in [2.75, 3.05) is 5.32 Å². The quantitative estimate of drug-likeness (QED) is 0.757. The Labute approximate surface area is 92.2 Å². The number of carboxylic acid groups (broad SMARTS) is 1. The van der Waals surface area contributed by atoms with Gasteiger partial charge >= 0.3 is 12.3 Å². The molecule has 1 aromatic carbocycles. The second kappa shape index (κ2) is 5.02. The minimum atomic E-state index is -4.65. The van der Waals surface area contributed by atoms with E-state index in [0.29, 0.717) is 6.07 Å². The van der Waals surface area contributed by atoms with Crippen LogP contribution in [0.25, 0.3) is 0 Å². The molecule has 0 aromatic heterocycles. The van der Waals surface area contributed by atoms with Gasteiger partial charge in [0.05, 0.1) is 11.3 Å². The second-order valence-corrected chi connectivity index (χ2v) is 3.05. The number of hydrogen-bond acceptors (Lipinski definition) is 1. The third-order valence-electron chi connectivity index (χ3n) is 1.53. The van der Waals surface area contributed by atoms with Crippen molar-refractivity contribution in [3.63, 3.8) is 0 Å². The van der Waals surface area contributed by atoms with E-state index in [1.807, 2.05) is 0 Å². The van der Waals surface area contributed by atoms with Crippen molar-refractivity contribution in [2.24, 2.45) is 0 Å². The van der Waals surface area contributed by atoms with Crippen LogP contribution in [0.1, 0.15) is 5.56 Å². The second-order valence-electron chi connectivity index (χ2n) is 2.62. The zero-order valence-corrected chi connectivity index (χ0v) is 8.26. The highest BCUT2D eigenvalue weighted by atomic mass is 35.5. The molecular formula is C8H6ClF4NO2. The molecule has 0 saturated heterocycles. The largest absolute Gasteiger partial charge is 0.465 e. The molecular weight excluding hydrogens is 254 g/mol. The van der Waals surface area contributed by atoms with Crippen molar-refractivity contribution in [3.8, 4) is 0 Å². The van der Waals surface area contributed by atoms with Gasteiger partial charge in [-0.1, -0.05) is 11.6 Å². The van der Waals surface area contributed by atoms with Gasteiger partial charge in [-0.3, -0.25) is 10.0 Å². The molecule has 0 radical (unpaired) electrons. The fourth-order valence-electron chi connectivity index (χ4n) is 0.975. The Morgan fingerprint density at radius 3 is 2.38 bits per heavy atom. The molecule has 0 fully saturated rings. The molecule has 0 aliphatic carbocycles. The number of anilines is 1. The molecule has 1 aromatic rings. The Balaban J connectivity index is 0.00000225. The van der Waals surface area contributed by atoms with E-state index in [2.05, 4.69) is 0 Å². The van der Waals surface area contributed by atoms with Gasteiger partial charge in [0.2, 0.25) is 0 Å². The van der Waals surface area contributed by atoms with Crippen molar-refractivity contribution in [1.29, 1.82) is 0 Å². The van der Waals surface area contributed by atoms with Crippen LogP contribution in [0.2, 0.25) is 5.02 Å². The Morgan fingerprint density at radius 2 is 1.94 bits per heavy atom. The molecule has 0 atom stereocenters. The van der Waals surface area contributed by atoms with E-state index in [1.54, 1.807) is 5.32 Å². The van der Waals surface area contributed by atoms with Gasteiger partial charge in [-0.2, -0.15) is 13.2 Å². The maximum Gasteiger partial charge on any atom is 0.418 e. The molecule has 0 aliphatic heterocycles. The number of halogens is 5. The van der Waals surface area contributed by atoms with Crippen LogP contribution in [-0.4, -0.2) is 11.2 Å². The summed E-state index contributed by atoms with van der Waals surface area (Å²) in [7, 11) is 0. The molecule has 0 spiro atoms. The van der Waals surface area contributed by atoms with Gasteiger partial charge in [0.15, 0.2) is 0 Å². The summed E-state index contributed by atoms with van der Waals surface area (Å²) in [5.41, 5.74) is -1.66. The SMILES string of the molecule is F.O=C(O)Nc1ccc(Cl)cc1C(F)(F)F. The first-order valence-electron chi connectivity index (χ1n) is 3.67. The number of amides is 1. The Hall–Kier alpha value is -1.50. The third-order valence-corrected chi connectivity index (χ3v) is 1.76. The molecule has 2 N–H and O–H groups in total. The number of hydrogen-bond donors (Lipinski definition) is 2. The van der Waals surface area contributed by atoms with Crippen LogP contribution in [0.3, 0.4) is 0 Å². The van der Waals surface area contributed by atoms with Crippen molar-refractivity contribution in [1.82, 2.24) is 0 Å². The van der Waals surface area contributed by atoms with E-state index in [0.717, 1.165) is 6.07 Å². The lowest BCUT2D eigenvalue weighted by molar-refractivity contribution is -0.136. The summed E-state index contributed by atoms with van der Waals surface area (Å²) in [5.74, 6) is 0. The molecule has 0 saturated carbocycles. The maximum absolute atomic E-state index is 12.4. The number of alkyl halides is 3. The predicted molar refractivity (Wildman–Crippen MR) is 50.6 cm³/mol. The smallest absolute Gasteiger partial charge is 0.418 e. The van der Waals surface area contributed by atoms with Crippen LogP contribution in [0.4, 0.5) is 28.4 Å². The number of nitrogens with one attached hydrogen (secondary N) is 1. The number of benzene rings is 1. The van der Waals surface area contributed by atoms with E-state index in [-0.39, 0.29) is 9.73 Å². The summed E-state index contributed by atoms with van der Waals surface area (Å²) in [6.45, 7) is 0. The zero-order valence-electron chi connectivity index (χ0n) is 7.51. The first-order valence-corrected chi connectivity index (χ1v) is 4.05. The van der Waals surface area contributed by atoms with Crippen LogP contribution in [0.5, 0.6) is 0 Å². The molecule has 0 unspecified atom stereocenters. The first-order chi connectivity index (χ1) is 6.80. The third kappa shape index (κ3) is 3.58. The monoisotopic (exact) mass is 259 g/mol. The molecule has 3 nitrogen and oxygen atoms in total. The van der Waals surface area contributed by atoms with Crippen LogP contribution in [0, 0.1) is 0 Å². The first kappa shape index (κ1) is 14.5. The summed E-state index contributed by atoms with van der Waals surface area (Å²) < 4.78 is 37.2. The van der Waals surface area contributed by atoms with Crippen LogP contribution in [0.15, 0.2) is 18.2 Å². The van der Waals surface area contributed by atoms with Gasteiger partial charge in [-0.25, -0.2) is 4.79 Å². The van der Waals surface area contributed by atoms with Gasteiger partial charge in [-0.15, -0.1) is 0 Å². The number of rotatable bonds is 1. The highest BCUT2D eigenvalue weighted by Gasteiger charge is 2.34. The summed E-state index contributed by atoms with van der Waals surface area (Å²) >= 11 is 5.38. The van der Waals surface area contributed by atoms with Gasteiger partial charge in [0.1, 0.15) is 0 Å². The average Bonchev–Trinajstić information content (AvgIpc) is 2.05. The fourth-order valence-corrected chi connectivity index (χ4v) is 1.15. The zero-order chi connectivity index (χ0) is 11.6. The molecule has 0 heterocycles. The molecule has 1 amide bonds. The molecule has 16 heavy (non-hydrogen) atoms. The van der Waals surface area contributed by atoms with Crippen molar-refractivity contribution in [3.05, 3.63) is 28.8 Å². The van der Waals surface area contributed by atoms with Crippen LogP contribution < -0.4 is 5.32 Å². The van der Waals surface area contributed by atoms with E-state index in [1.165, 1.54) is 6.07 Å². The standard InChI is InChI=1S/C8H5ClF3NO2.FH/c9-4-1-2-6(13-7(14)15)5(3-4)8(10,11)12;/h1-3,13H,(H,14,15);1H. The summed E-state index contributed by atoms with van der Waals surface area (Å²) in [6.07, 6.45) is -6.22. The topological polar surface area (TPSA) is 49.3 Å². The molecule has 0 aliphatic rings. The van der Waals surface area contributed by atoms with Gasteiger partial charge in [-0.05, 0) is 18.2 Å². The normalized spacial score (nSPS) is 10.5. The Bertz CT molecular complexity index is 394. The summed E-state index contributed by atoms with van der Waals surface area (Å²) in [4.78, 5) is 10.2. The van der Waals surface area contributed by atoms with Crippen molar-refractivity contribution < 1.29 is 27.8 Å². The van der Waals surface area contributed by atoms with Crippen molar-refractivity contribution >= 4 is 23.4 Å². The lowest BCUT2D eigenvalue weighted by atomic mass is 10.1. The fraction of sp³-hybridized carbons (Fsp3) is 0.125. The van der Waals surface area contributed by atoms with E-state index >= 15 is 0 Å². The number of carbonyl (C=O) groups is 1. The van der Waals surface area contributed by atoms with Crippen LogP contribution >= 0.6 is 11.6 Å². The minimum Gasteiger partial charge on any atom is -0.465 e. The maximum atomic E-state index is 12.4. The van der Waals surface area contributed by atoms with Gasteiger partial charge in [0.25, 0.3) is 0 Å². The molecule has 0 bridgehead atoms. The van der Waals surface area contributed by atoms with E-state index in [9.17, 15) is 18.0 Å². The minimum absolute atomic E-state index is 0. The predicted octanol–water partition coefficient (Wildman–Crippen LogP) is 3.60. The summed E-state index contributed by atoms with van der Waals surface area (Å²) in [5, 5.41) is 9.85. The van der Waals surface area contributed by atoms with Gasteiger partial charge in [0, 0.05) is 5.02 Å². The van der Waals surface area contributed by atoms with Crippen LogP contribution in [-0.2, 0) is 6.18 Å². The lowest BCUT2D eigenvalue weighted by Gasteiger charge is -2.12. The highest BCUT2D eigenvalue weighted by molar-refractivity contribution is 6.30. The Morgan fingerprint density at radius 1 is 1.38 bits per heavy atom. The molecule has 1 rings (SSSR count). The van der Waals surface area contributed by atoms with Crippen molar-refractivity contribution in [2.45, 2.75) is 6.18 Å². The molecule has 90 valence electrons. The molecule has 8 heteroatoms. The Kier molecular flexibility index (Phi) is 4.55. The van der Waals surface area contributed by atoms with Gasteiger partial charge < -0.3 is 5.11 Å². The highest BCUT2D eigenvalue weighted by Crippen LogP contribution is 2.36. The van der Waals surface area contributed by atoms with E-state index in [4.69, 9.17) is 16.7 Å². The summed E-state index contributed by atoms with van der Waals surface area (Å²) in [6, 6.07) is 2.79. The lowest BCUT2D eigenvalue weighted by Crippen LogP contribution is -2.14. The average molecular weight is 260 g/mol.